The van der Waals surface area contributed by atoms with Crippen LogP contribution in [0.5, 0.6) is 0 Å². The minimum atomic E-state index is 1.00. The van der Waals surface area contributed by atoms with Crippen LogP contribution in [0.25, 0.3) is 16.6 Å². The first-order valence-electron chi connectivity index (χ1n) is 5.24. The van der Waals surface area contributed by atoms with Gasteiger partial charge in [-0.3, -0.25) is 0 Å². The Kier molecular flexibility index (Phi) is 3.01. The topological polar surface area (TPSA) is 28.7 Å². The maximum atomic E-state index is 4.34. The molecule has 2 nitrogen and oxygen atoms in total. The lowest BCUT2D eigenvalue weighted by atomic mass is 10.0. The van der Waals surface area contributed by atoms with Crippen molar-refractivity contribution in [2.75, 3.05) is 0 Å². The molecule has 0 amide bonds. The van der Waals surface area contributed by atoms with Gasteiger partial charge in [0.2, 0.25) is 0 Å². The summed E-state index contributed by atoms with van der Waals surface area (Å²) in [5.41, 5.74) is 4.35. The number of hydrogen-bond donors (Lipinski definition) is 1. The lowest BCUT2D eigenvalue weighted by Gasteiger charge is -2.02. The van der Waals surface area contributed by atoms with Crippen molar-refractivity contribution in [3.63, 3.8) is 0 Å². The minimum absolute atomic E-state index is 1.00. The van der Waals surface area contributed by atoms with E-state index in [-0.39, 0.29) is 0 Å². The van der Waals surface area contributed by atoms with Crippen LogP contribution in [0, 0.1) is 0 Å². The summed E-state index contributed by atoms with van der Waals surface area (Å²) in [6.07, 6.45) is 9.54. The smallest absolute Gasteiger partial charge is 0.0960 e. The number of para-hydroxylation sites is 1. The molecule has 0 aliphatic carbocycles. The standard InChI is InChI=1S/C14H14N2/c1-3-5-7-11(4-2)12-8-6-9-13-14(12)16-10-15-13/h3-10H,1H2,2H3,(H,15,16)/b7-5-,11-4+. The summed E-state index contributed by atoms with van der Waals surface area (Å²) in [7, 11) is 0. The SMILES string of the molecule is C=C/C=C\C(=C/C)c1cccc2[nH]cnc12. The van der Waals surface area contributed by atoms with Crippen molar-refractivity contribution in [3.8, 4) is 0 Å². The summed E-state index contributed by atoms with van der Waals surface area (Å²) in [5.74, 6) is 0. The van der Waals surface area contributed by atoms with E-state index in [1.165, 1.54) is 0 Å². The quantitative estimate of drug-likeness (QED) is 0.769. The van der Waals surface area contributed by atoms with Crippen molar-refractivity contribution >= 4 is 16.6 Å². The highest BCUT2D eigenvalue weighted by atomic mass is 14.9. The van der Waals surface area contributed by atoms with E-state index in [4.69, 9.17) is 0 Å². The van der Waals surface area contributed by atoms with Gasteiger partial charge in [0.1, 0.15) is 0 Å². The normalized spacial score (nSPS) is 12.4. The van der Waals surface area contributed by atoms with Gasteiger partial charge in [0, 0.05) is 5.56 Å². The third-order valence-corrected chi connectivity index (χ3v) is 2.48. The number of aromatic nitrogens is 2. The maximum absolute atomic E-state index is 4.34. The predicted molar refractivity (Wildman–Crippen MR) is 69.1 cm³/mol. The van der Waals surface area contributed by atoms with Gasteiger partial charge in [0.25, 0.3) is 0 Å². The summed E-state index contributed by atoms with van der Waals surface area (Å²) in [6, 6.07) is 6.13. The van der Waals surface area contributed by atoms with Crippen molar-refractivity contribution in [2.24, 2.45) is 0 Å². The molecular weight excluding hydrogens is 196 g/mol. The van der Waals surface area contributed by atoms with Crippen molar-refractivity contribution in [1.82, 2.24) is 9.97 Å². The molecule has 2 aromatic rings. The molecule has 1 N–H and O–H groups in total. The van der Waals surface area contributed by atoms with Crippen molar-refractivity contribution < 1.29 is 0 Å². The first kappa shape index (κ1) is 10.4. The van der Waals surface area contributed by atoms with E-state index in [0.717, 1.165) is 22.2 Å². The number of hydrogen-bond acceptors (Lipinski definition) is 1. The van der Waals surface area contributed by atoms with Crippen LogP contribution in [-0.2, 0) is 0 Å². The van der Waals surface area contributed by atoms with Gasteiger partial charge in [0.15, 0.2) is 0 Å². The van der Waals surface area contributed by atoms with Crippen LogP contribution < -0.4 is 0 Å². The molecule has 0 saturated carbocycles. The van der Waals surface area contributed by atoms with Crippen LogP contribution in [0.3, 0.4) is 0 Å². The van der Waals surface area contributed by atoms with Gasteiger partial charge in [-0.1, -0.05) is 43.0 Å². The van der Waals surface area contributed by atoms with Crippen LogP contribution in [0.4, 0.5) is 0 Å². The summed E-state index contributed by atoms with van der Waals surface area (Å²) >= 11 is 0. The Balaban J connectivity index is 2.57. The second kappa shape index (κ2) is 4.62. The maximum Gasteiger partial charge on any atom is 0.0960 e. The Morgan fingerprint density at radius 3 is 3.06 bits per heavy atom. The number of rotatable bonds is 3. The molecule has 1 aromatic carbocycles. The highest BCUT2D eigenvalue weighted by Crippen LogP contribution is 2.23. The molecule has 2 heteroatoms. The Bertz CT molecular complexity index is 559. The lowest BCUT2D eigenvalue weighted by Crippen LogP contribution is -1.83. The summed E-state index contributed by atoms with van der Waals surface area (Å²) in [6.45, 7) is 5.70. The number of imidazole rings is 1. The number of H-pyrrole nitrogens is 1. The van der Waals surface area contributed by atoms with Gasteiger partial charge >= 0.3 is 0 Å². The van der Waals surface area contributed by atoms with Gasteiger partial charge < -0.3 is 4.98 Å². The highest BCUT2D eigenvalue weighted by molar-refractivity contribution is 5.91. The molecule has 1 heterocycles. The molecule has 0 atom stereocenters. The third kappa shape index (κ3) is 1.82. The number of benzene rings is 1. The molecule has 1 aromatic heterocycles. The van der Waals surface area contributed by atoms with Crippen LogP contribution >= 0.6 is 0 Å². The van der Waals surface area contributed by atoms with E-state index < -0.39 is 0 Å². The molecule has 0 radical (unpaired) electrons. The van der Waals surface area contributed by atoms with Crippen LogP contribution in [0.1, 0.15) is 12.5 Å². The largest absolute Gasteiger partial charge is 0.345 e. The van der Waals surface area contributed by atoms with E-state index in [2.05, 4.69) is 28.7 Å². The van der Waals surface area contributed by atoms with Crippen molar-refractivity contribution in [1.29, 1.82) is 0 Å². The van der Waals surface area contributed by atoms with Gasteiger partial charge in [0.05, 0.1) is 17.4 Å². The van der Waals surface area contributed by atoms with Crippen molar-refractivity contribution in [3.05, 3.63) is 61.0 Å². The average molecular weight is 210 g/mol. The highest BCUT2D eigenvalue weighted by Gasteiger charge is 2.04. The Labute approximate surface area is 95.0 Å². The molecule has 0 aliphatic heterocycles. The second-order valence-electron chi connectivity index (χ2n) is 3.44. The molecule has 2 rings (SSSR count). The lowest BCUT2D eigenvalue weighted by molar-refractivity contribution is 1.34. The van der Waals surface area contributed by atoms with Crippen LogP contribution in [0.15, 0.2) is 55.4 Å². The molecule has 0 fully saturated rings. The summed E-state index contributed by atoms with van der Waals surface area (Å²) < 4.78 is 0. The van der Waals surface area contributed by atoms with Gasteiger partial charge in [-0.2, -0.15) is 0 Å². The second-order valence-corrected chi connectivity index (χ2v) is 3.44. The zero-order chi connectivity index (χ0) is 11.4. The minimum Gasteiger partial charge on any atom is -0.345 e. The van der Waals surface area contributed by atoms with E-state index >= 15 is 0 Å². The fourth-order valence-electron chi connectivity index (χ4n) is 1.71. The molecule has 16 heavy (non-hydrogen) atoms. The molecule has 0 spiro atoms. The number of nitrogens with one attached hydrogen (secondary N) is 1. The molecule has 0 saturated heterocycles. The zero-order valence-electron chi connectivity index (χ0n) is 9.27. The Hall–Kier alpha value is -2.09. The first-order chi connectivity index (χ1) is 7.86. The summed E-state index contributed by atoms with van der Waals surface area (Å²) in [4.78, 5) is 7.45. The molecule has 0 aliphatic rings. The zero-order valence-corrected chi connectivity index (χ0v) is 9.27. The van der Waals surface area contributed by atoms with Gasteiger partial charge in [-0.05, 0) is 18.6 Å². The van der Waals surface area contributed by atoms with E-state index in [0.29, 0.717) is 0 Å². The molecule has 0 unspecified atom stereocenters. The Morgan fingerprint density at radius 1 is 1.44 bits per heavy atom. The predicted octanol–water partition coefficient (Wildman–Crippen LogP) is 3.71. The molecular formula is C14H14N2. The molecule has 0 bridgehead atoms. The van der Waals surface area contributed by atoms with E-state index in [9.17, 15) is 0 Å². The molecule has 80 valence electrons. The number of aromatic amines is 1. The van der Waals surface area contributed by atoms with Crippen LogP contribution in [0.2, 0.25) is 0 Å². The monoisotopic (exact) mass is 210 g/mol. The van der Waals surface area contributed by atoms with E-state index in [1.807, 2.05) is 31.2 Å². The average Bonchev–Trinajstić information content (AvgIpc) is 2.78. The van der Waals surface area contributed by atoms with Gasteiger partial charge in [-0.15, -0.1) is 0 Å². The number of nitrogens with zero attached hydrogens (tertiary/aromatic N) is 1. The Morgan fingerprint density at radius 2 is 2.31 bits per heavy atom. The fourth-order valence-corrected chi connectivity index (χ4v) is 1.71. The van der Waals surface area contributed by atoms with E-state index in [1.54, 1.807) is 12.4 Å². The number of allylic oxidation sites excluding steroid dienone is 5. The van der Waals surface area contributed by atoms with Crippen molar-refractivity contribution in [2.45, 2.75) is 6.92 Å². The van der Waals surface area contributed by atoms with Crippen LogP contribution in [-0.4, -0.2) is 9.97 Å². The first-order valence-corrected chi connectivity index (χ1v) is 5.24. The third-order valence-electron chi connectivity index (χ3n) is 2.48. The van der Waals surface area contributed by atoms with Gasteiger partial charge in [-0.25, -0.2) is 4.98 Å². The fraction of sp³-hybridized carbons (Fsp3) is 0.0714. The number of fused-ring (bicyclic) bond motifs is 1. The summed E-state index contributed by atoms with van der Waals surface area (Å²) in [5, 5.41) is 0.